The fourth-order valence-electron chi connectivity index (χ4n) is 4.21. The van der Waals surface area contributed by atoms with E-state index < -0.39 is 6.04 Å². The van der Waals surface area contributed by atoms with Gasteiger partial charge in [0.2, 0.25) is 0 Å². The minimum Gasteiger partial charge on any atom is -0.496 e. The zero-order valence-electron chi connectivity index (χ0n) is 20.5. The lowest BCUT2D eigenvalue weighted by Crippen LogP contribution is -2.34. The van der Waals surface area contributed by atoms with Crippen LogP contribution in [-0.2, 0) is 17.6 Å². The third-order valence-corrected chi connectivity index (χ3v) is 7.19. The van der Waals surface area contributed by atoms with Gasteiger partial charge in [-0.1, -0.05) is 42.5 Å². The molecule has 0 aliphatic carbocycles. The molecule has 0 fully saturated rings. The van der Waals surface area contributed by atoms with Gasteiger partial charge >= 0.3 is 0 Å². The molecule has 0 spiro atoms. The van der Waals surface area contributed by atoms with Crippen LogP contribution < -0.4 is 15.2 Å². The van der Waals surface area contributed by atoms with Gasteiger partial charge in [-0.2, -0.15) is 4.37 Å². The van der Waals surface area contributed by atoms with Crippen LogP contribution in [-0.4, -0.2) is 30.4 Å². The minimum absolute atomic E-state index is 0.0214. The van der Waals surface area contributed by atoms with E-state index in [9.17, 15) is 4.79 Å². The number of nitrogens with zero attached hydrogens (tertiary/aromatic N) is 1. The van der Waals surface area contributed by atoms with E-state index in [1.165, 1.54) is 11.5 Å². The van der Waals surface area contributed by atoms with Gasteiger partial charge in [0, 0.05) is 23.7 Å². The second kappa shape index (κ2) is 10.8. The molecule has 3 aromatic carbocycles. The second-order valence-electron chi connectivity index (χ2n) is 8.65. The van der Waals surface area contributed by atoms with Gasteiger partial charge in [-0.25, -0.2) is 0 Å². The first-order valence-electron chi connectivity index (χ1n) is 11.5. The van der Waals surface area contributed by atoms with Gasteiger partial charge in [-0.05, 0) is 77.8 Å². The standard InChI is InChI=1S/C29H30N2O3S/c1-18-12-23(16-28(34-4)19(18)2)29-24(17-31-35-29)21-10-11-27(33-3)22(14-21)15-26(32)25(30)13-20-8-6-5-7-9-20/h5-12,14,16-17,25H,13,15,30H2,1-4H3. The van der Waals surface area contributed by atoms with Crippen molar-refractivity contribution in [2.45, 2.75) is 32.7 Å². The summed E-state index contributed by atoms with van der Waals surface area (Å²) in [6, 6.07) is 19.4. The first-order valence-corrected chi connectivity index (χ1v) is 12.3. The minimum atomic E-state index is -0.577. The van der Waals surface area contributed by atoms with E-state index in [1.807, 2.05) is 54.7 Å². The van der Waals surface area contributed by atoms with E-state index in [2.05, 4.69) is 30.4 Å². The van der Waals surface area contributed by atoms with Crippen molar-refractivity contribution in [2.75, 3.05) is 14.2 Å². The highest BCUT2D eigenvalue weighted by Gasteiger charge is 2.19. The molecule has 0 saturated carbocycles. The molecule has 1 aromatic heterocycles. The highest BCUT2D eigenvalue weighted by Crippen LogP contribution is 2.39. The molecule has 0 saturated heterocycles. The normalized spacial score (nSPS) is 11.8. The number of ketones is 1. The van der Waals surface area contributed by atoms with E-state index in [4.69, 9.17) is 15.2 Å². The molecule has 4 rings (SSSR count). The second-order valence-corrected chi connectivity index (χ2v) is 9.46. The molecule has 180 valence electrons. The Morgan fingerprint density at radius 1 is 0.971 bits per heavy atom. The average Bonchev–Trinajstić information content (AvgIpc) is 3.36. The molecule has 1 unspecified atom stereocenters. The summed E-state index contributed by atoms with van der Waals surface area (Å²) < 4.78 is 15.6. The lowest BCUT2D eigenvalue weighted by Gasteiger charge is -2.15. The molecule has 1 heterocycles. The third-order valence-electron chi connectivity index (χ3n) is 6.34. The summed E-state index contributed by atoms with van der Waals surface area (Å²) in [5.41, 5.74) is 13.4. The van der Waals surface area contributed by atoms with Gasteiger partial charge in [0.25, 0.3) is 0 Å². The first kappa shape index (κ1) is 24.6. The summed E-state index contributed by atoms with van der Waals surface area (Å²) in [5, 5.41) is 0. The number of carbonyl (C=O) groups is 1. The van der Waals surface area contributed by atoms with Crippen LogP contribution in [0.4, 0.5) is 0 Å². The molecular weight excluding hydrogens is 456 g/mol. The van der Waals surface area contributed by atoms with Gasteiger partial charge in [-0.15, -0.1) is 0 Å². The molecule has 4 aromatic rings. The summed E-state index contributed by atoms with van der Waals surface area (Å²) >= 11 is 1.44. The third kappa shape index (κ3) is 5.45. The lowest BCUT2D eigenvalue weighted by atomic mass is 9.95. The number of aromatic nitrogens is 1. The number of Topliss-reactive ketones (excluding diaryl/α,β-unsaturated/α-hetero) is 1. The van der Waals surface area contributed by atoms with Crippen LogP contribution in [0.15, 0.2) is 66.9 Å². The fraction of sp³-hybridized carbons (Fsp3) is 0.241. The van der Waals surface area contributed by atoms with Crippen LogP contribution in [0.5, 0.6) is 11.5 Å². The van der Waals surface area contributed by atoms with Crippen molar-refractivity contribution in [1.82, 2.24) is 4.37 Å². The Balaban J connectivity index is 1.64. The number of hydrogen-bond donors (Lipinski definition) is 1. The smallest absolute Gasteiger partial charge is 0.154 e. The van der Waals surface area contributed by atoms with Crippen molar-refractivity contribution in [3.63, 3.8) is 0 Å². The number of methoxy groups -OCH3 is 2. The first-order chi connectivity index (χ1) is 16.9. The van der Waals surface area contributed by atoms with E-state index in [1.54, 1.807) is 14.2 Å². The predicted octanol–water partition coefficient (Wildman–Crippen LogP) is 5.79. The Bertz CT molecular complexity index is 1330. The van der Waals surface area contributed by atoms with E-state index in [0.717, 1.165) is 49.6 Å². The van der Waals surface area contributed by atoms with E-state index in [0.29, 0.717) is 12.2 Å². The Morgan fingerprint density at radius 3 is 2.43 bits per heavy atom. The van der Waals surface area contributed by atoms with E-state index in [-0.39, 0.29) is 12.2 Å². The van der Waals surface area contributed by atoms with Crippen LogP contribution in [0.3, 0.4) is 0 Å². The lowest BCUT2D eigenvalue weighted by molar-refractivity contribution is -0.119. The number of carbonyl (C=O) groups excluding carboxylic acids is 1. The highest BCUT2D eigenvalue weighted by molar-refractivity contribution is 7.10. The molecule has 6 heteroatoms. The van der Waals surface area contributed by atoms with Crippen LogP contribution in [0.25, 0.3) is 21.6 Å². The number of hydrogen-bond acceptors (Lipinski definition) is 6. The Morgan fingerprint density at radius 2 is 1.71 bits per heavy atom. The van der Waals surface area contributed by atoms with Crippen LogP contribution in [0, 0.1) is 13.8 Å². The number of ether oxygens (including phenoxy) is 2. The number of aryl methyl sites for hydroxylation is 1. The zero-order chi connectivity index (χ0) is 24.9. The van der Waals surface area contributed by atoms with Gasteiger partial charge in [0.15, 0.2) is 5.78 Å². The maximum atomic E-state index is 13.0. The summed E-state index contributed by atoms with van der Waals surface area (Å²) in [4.78, 5) is 14.1. The van der Waals surface area contributed by atoms with Crippen molar-refractivity contribution in [1.29, 1.82) is 0 Å². The van der Waals surface area contributed by atoms with Crippen molar-refractivity contribution in [3.8, 4) is 33.1 Å². The zero-order valence-corrected chi connectivity index (χ0v) is 21.3. The number of benzene rings is 3. The summed E-state index contributed by atoms with van der Waals surface area (Å²) in [6.07, 6.45) is 2.58. The Hall–Kier alpha value is -3.48. The summed E-state index contributed by atoms with van der Waals surface area (Å²) in [6.45, 7) is 4.14. The molecule has 2 N–H and O–H groups in total. The molecule has 1 atom stereocenters. The number of rotatable bonds is 9. The van der Waals surface area contributed by atoms with Crippen molar-refractivity contribution in [3.05, 3.63) is 89.1 Å². The van der Waals surface area contributed by atoms with Crippen molar-refractivity contribution >= 4 is 17.3 Å². The van der Waals surface area contributed by atoms with Gasteiger partial charge in [0.05, 0.1) is 25.1 Å². The Labute approximate surface area is 210 Å². The summed E-state index contributed by atoms with van der Waals surface area (Å²) in [7, 11) is 3.31. The molecule has 0 aliphatic rings. The fourth-order valence-corrected chi connectivity index (χ4v) is 4.96. The quantitative estimate of drug-likeness (QED) is 0.324. The predicted molar refractivity (Wildman–Crippen MR) is 142 cm³/mol. The van der Waals surface area contributed by atoms with Crippen LogP contribution in [0.2, 0.25) is 0 Å². The molecule has 35 heavy (non-hydrogen) atoms. The number of nitrogens with two attached hydrogens (primary N) is 1. The topological polar surface area (TPSA) is 74.4 Å². The summed E-state index contributed by atoms with van der Waals surface area (Å²) in [5.74, 6) is 1.51. The largest absolute Gasteiger partial charge is 0.496 e. The van der Waals surface area contributed by atoms with Gasteiger partial charge < -0.3 is 15.2 Å². The van der Waals surface area contributed by atoms with Crippen LogP contribution >= 0.6 is 11.5 Å². The molecule has 0 aliphatic heterocycles. The molecule has 5 nitrogen and oxygen atoms in total. The van der Waals surface area contributed by atoms with Crippen molar-refractivity contribution in [2.24, 2.45) is 5.73 Å². The highest BCUT2D eigenvalue weighted by atomic mass is 32.1. The van der Waals surface area contributed by atoms with Gasteiger partial charge in [0.1, 0.15) is 11.5 Å². The molecule has 0 amide bonds. The SMILES string of the molecule is COc1ccc(-c2cnsc2-c2cc(C)c(C)c(OC)c2)cc1CC(=O)C(N)Cc1ccccc1. The van der Waals surface area contributed by atoms with Gasteiger partial charge in [-0.3, -0.25) is 4.79 Å². The molecule has 0 bridgehead atoms. The van der Waals surface area contributed by atoms with Crippen LogP contribution in [0.1, 0.15) is 22.3 Å². The average molecular weight is 487 g/mol. The monoisotopic (exact) mass is 486 g/mol. The maximum Gasteiger partial charge on any atom is 0.154 e. The van der Waals surface area contributed by atoms with E-state index >= 15 is 0 Å². The maximum absolute atomic E-state index is 13.0. The Kier molecular flexibility index (Phi) is 7.63. The van der Waals surface area contributed by atoms with Crippen molar-refractivity contribution < 1.29 is 14.3 Å². The molecular formula is C29H30N2O3S. The molecule has 0 radical (unpaired) electrons.